The molecule has 0 aliphatic heterocycles. The molecular formula is C17H12F6N2O2S. The molecule has 150 valence electrons. The monoisotopic (exact) mass is 422 g/mol. The van der Waals surface area contributed by atoms with E-state index in [2.05, 4.69) is 4.98 Å². The highest BCUT2D eigenvalue weighted by Crippen LogP contribution is 2.37. The normalized spacial score (nSPS) is 12.9. The summed E-state index contributed by atoms with van der Waals surface area (Å²) < 4.78 is 86.3. The quantitative estimate of drug-likeness (QED) is 0.414. The molecule has 1 heterocycles. The SMILES string of the molecule is CCC(Oc1cc(C#N)cc(Oc2cccc(C(F)(F)F)c2)n1)SC(F)(F)F. The van der Waals surface area contributed by atoms with Gasteiger partial charge < -0.3 is 9.47 Å². The lowest BCUT2D eigenvalue weighted by Gasteiger charge is -2.18. The van der Waals surface area contributed by atoms with Crippen molar-refractivity contribution in [1.29, 1.82) is 5.26 Å². The van der Waals surface area contributed by atoms with E-state index in [1.54, 1.807) is 6.07 Å². The predicted octanol–water partition coefficient (Wildman–Crippen LogP) is 6.13. The van der Waals surface area contributed by atoms with Crippen molar-refractivity contribution >= 4 is 11.8 Å². The maximum Gasteiger partial charge on any atom is 0.445 e. The fraction of sp³-hybridized carbons (Fsp3) is 0.294. The number of benzene rings is 1. The van der Waals surface area contributed by atoms with Crippen LogP contribution in [0.4, 0.5) is 26.3 Å². The molecule has 0 saturated heterocycles. The zero-order valence-corrected chi connectivity index (χ0v) is 15.0. The minimum Gasteiger partial charge on any atom is -0.463 e. The molecule has 1 unspecified atom stereocenters. The fourth-order valence-electron chi connectivity index (χ4n) is 1.99. The molecule has 1 atom stereocenters. The van der Waals surface area contributed by atoms with Crippen molar-refractivity contribution in [3.05, 3.63) is 47.5 Å². The van der Waals surface area contributed by atoms with Gasteiger partial charge in [0.05, 0.1) is 17.2 Å². The van der Waals surface area contributed by atoms with Gasteiger partial charge in [-0.05, 0) is 36.4 Å². The van der Waals surface area contributed by atoms with Crippen molar-refractivity contribution in [3.63, 3.8) is 0 Å². The molecule has 0 radical (unpaired) electrons. The first-order valence-electron chi connectivity index (χ1n) is 7.68. The second-order valence-electron chi connectivity index (χ2n) is 5.29. The number of thioether (sulfide) groups is 1. The molecule has 11 heteroatoms. The van der Waals surface area contributed by atoms with Crippen molar-refractivity contribution in [1.82, 2.24) is 4.98 Å². The smallest absolute Gasteiger partial charge is 0.445 e. The summed E-state index contributed by atoms with van der Waals surface area (Å²) >= 11 is -0.386. The third kappa shape index (κ3) is 6.53. The van der Waals surface area contributed by atoms with Crippen LogP contribution in [-0.2, 0) is 6.18 Å². The Labute approximate surface area is 160 Å². The Hall–Kier alpha value is -2.61. The van der Waals surface area contributed by atoms with E-state index in [1.165, 1.54) is 13.0 Å². The first kappa shape index (κ1) is 21.7. The van der Waals surface area contributed by atoms with E-state index in [9.17, 15) is 26.3 Å². The second-order valence-corrected chi connectivity index (χ2v) is 6.52. The Morgan fingerprint density at radius 3 is 2.36 bits per heavy atom. The predicted molar refractivity (Wildman–Crippen MR) is 88.8 cm³/mol. The van der Waals surface area contributed by atoms with Crippen molar-refractivity contribution in [2.75, 3.05) is 0 Å². The van der Waals surface area contributed by atoms with Gasteiger partial charge in [-0.25, -0.2) is 0 Å². The summed E-state index contributed by atoms with van der Waals surface area (Å²) in [4.78, 5) is 3.83. The van der Waals surface area contributed by atoms with E-state index in [0.717, 1.165) is 30.3 Å². The van der Waals surface area contributed by atoms with Crippen molar-refractivity contribution in [2.45, 2.75) is 30.5 Å². The summed E-state index contributed by atoms with van der Waals surface area (Å²) in [6.07, 6.45) is -4.59. The lowest BCUT2D eigenvalue weighted by molar-refractivity contribution is -0.137. The standard InChI is InChI=1S/C17H12F6N2O2S/c1-2-15(28-17(21,22)23)27-14-7-10(9-24)6-13(25-14)26-12-5-3-4-11(8-12)16(18,19)20/h3-8,15H,2H2,1H3. The number of alkyl halides is 6. The van der Waals surface area contributed by atoms with Gasteiger partial charge in [0, 0.05) is 12.1 Å². The number of hydrogen-bond donors (Lipinski definition) is 0. The van der Waals surface area contributed by atoms with Gasteiger partial charge in [-0.2, -0.15) is 36.6 Å². The number of aromatic nitrogens is 1. The largest absolute Gasteiger partial charge is 0.463 e. The van der Waals surface area contributed by atoms with Gasteiger partial charge in [0.1, 0.15) is 5.75 Å². The second kappa shape index (κ2) is 8.60. The molecule has 0 N–H and O–H groups in total. The lowest BCUT2D eigenvalue weighted by Crippen LogP contribution is -2.18. The summed E-state index contributed by atoms with van der Waals surface area (Å²) in [6, 6.07) is 7.94. The van der Waals surface area contributed by atoms with E-state index >= 15 is 0 Å². The Bertz CT molecular complexity index is 864. The molecule has 0 bridgehead atoms. The summed E-state index contributed by atoms with van der Waals surface area (Å²) in [6.45, 7) is 1.47. The number of pyridine rings is 1. The summed E-state index contributed by atoms with van der Waals surface area (Å²) in [5.74, 6) is -0.815. The van der Waals surface area contributed by atoms with E-state index in [-0.39, 0.29) is 41.3 Å². The summed E-state index contributed by atoms with van der Waals surface area (Å²) in [5, 5.41) is 9.06. The Morgan fingerprint density at radius 1 is 1.11 bits per heavy atom. The highest BCUT2D eigenvalue weighted by atomic mass is 32.2. The van der Waals surface area contributed by atoms with Gasteiger partial charge in [-0.15, -0.1) is 0 Å². The van der Waals surface area contributed by atoms with Gasteiger partial charge in [-0.3, -0.25) is 0 Å². The summed E-state index contributed by atoms with van der Waals surface area (Å²) in [5.41, 5.74) is -6.85. The molecular weight excluding hydrogens is 410 g/mol. The maximum atomic E-state index is 12.8. The van der Waals surface area contributed by atoms with Crippen molar-refractivity contribution in [3.8, 4) is 23.6 Å². The molecule has 0 spiro atoms. The molecule has 1 aromatic heterocycles. The Balaban J connectivity index is 2.27. The molecule has 4 nitrogen and oxygen atoms in total. The average Bonchev–Trinajstić information content (AvgIpc) is 2.59. The average molecular weight is 422 g/mol. The van der Waals surface area contributed by atoms with Crippen LogP contribution in [0.15, 0.2) is 36.4 Å². The Kier molecular flexibility index (Phi) is 6.66. The fourth-order valence-corrected chi connectivity index (χ4v) is 2.60. The van der Waals surface area contributed by atoms with E-state index < -0.39 is 22.7 Å². The summed E-state index contributed by atoms with van der Waals surface area (Å²) in [7, 11) is 0. The molecule has 0 aliphatic rings. The number of ether oxygens (including phenoxy) is 2. The van der Waals surface area contributed by atoms with Crippen LogP contribution in [-0.4, -0.2) is 15.9 Å². The van der Waals surface area contributed by atoms with Gasteiger partial charge in [-0.1, -0.05) is 13.0 Å². The van der Waals surface area contributed by atoms with Crippen molar-refractivity contribution < 1.29 is 35.8 Å². The number of hydrogen-bond acceptors (Lipinski definition) is 5. The number of rotatable bonds is 6. The van der Waals surface area contributed by atoms with Crippen LogP contribution < -0.4 is 9.47 Å². The van der Waals surface area contributed by atoms with E-state index in [1.807, 2.05) is 0 Å². The maximum absolute atomic E-state index is 12.8. The zero-order chi connectivity index (χ0) is 20.9. The van der Waals surface area contributed by atoms with Crippen LogP contribution in [0, 0.1) is 11.3 Å². The minimum atomic E-state index is -4.58. The van der Waals surface area contributed by atoms with Crippen LogP contribution in [0.3, 0.4) is 0 Å². The topological polar surface area (TPSA) is 55.1 Å². The molecule has 0 fully saturated rings. The molecule has 1 aromatic carbocycles. The number of halogens is 6. The highest BCUT2D eigenvalue weighted by Gasteiger charge is 2.34. The van der Waals surface area contributed by atoms with E-state index in [4.69, 9.17) is 14.7 Å². The third-order valence-electron chi connectivity index (χ3n) is 3.14. The van der Waals surface area contributed by atoms with Crippen LogP contribution >= 0.6 is 11.8 Å². The van der Waals surface area contributed by atoms with Crippen LogP contribution in [0.25, 0.3) is 0 Å². The molecule has 2 aromatic rings. The first-order chi connectivity index (χ1) is 13.0. The molecule has 0 amide bonds. The van der Waals surface area contributed by atoms with Crippen LogP contribution in [0.2, 0.25) is 0 Å². The Morgan fingerprint density at radius 2 is 1.79 bits per heavy atom. The highest BCUT2D eigenvalue weighted by molar-refractivity contribution is 8.00. The minimum absolute atomic E-state index is 0.00748. The van der Waals surface area contributed by atoms with Crippen LogP contribution in [0.1, 0.15) is 24.5 Å². The van der Waals surface area contributed by atoms with E-state index in [0.29, 0.717) is 0 Å². The van der Waals surface area contributed by atoms with Gasteiger partial charge >= 0.3 is 11.7 Å². The zero-order valence-electron chi connectivity index (χ0n) is 14.1. The van der Waals surface area contributed by atoms with Gasteiger partial charge in [0.2, 0.25) is 11.8 Å². The van der Waals surface area contributed by atoms with Crippen molar-refractivity contribution in [2.24, 2.45) is 0 Å². The van der Waals surface area contributed by atoms with Gasteiger partial charge in [0.15, 0.2) is 5.44 Å². The molecule has 0 aliphatic carbocycles. The molecule has 2 rings (SSSR count). The first-order valence-corrected chi connectivity index (χ1v) is 8.56. The van der Waals surface area contributed by atoms with Gasteiger partial charge in [0.25, 0.3) is 0 Å². The van der Waals surface area contributed by atoms with Crippen LogP contribution in [0.5, 0.6) is 17.5 Å². The third-order valence-corrected chi connectivity index (χ3v) is 4.10. The number of nitrogens with zero attached hydrogens (tertiary/aromatic N) is 2. The molecule has 28 heavy (non-hydrogen) atoms. The molecule has 0 saturated carbocycles. The lowest BCUT2D eigenvalue weighted by atomic mass is 10.2. The number of nitriles is 1.